The fourth-order valence-corrected chi connectivity index (χ4v) is 2.11. The van der Waals surface area contributed by atoms with E-state index in [2.05, 4.69) is 12.2 Å². The highest BCUT2D eigenvalue weighted by Gasteiger charge is 2.26. The summed E-state index contributed by atoms with van der Waals surface area (Å²) in [5.74, 6) is 1.33. The van der Waals surface area contributed by atoms with Gasteiger partial charge in [-0.3, -0.25) is 0 Å². The van der Waals surface area contributed by atoms with Crippen molar-refractivity contribution in [2.45, 2.75) is 32.3 Å². The van der Waals surface area contributed by atoms with Crippen molar-refractivity contribution in [3.8, 4) is 5.75 Å². The maximum Gasteiger partial charge on any atom is 0.144 e. The van der Waals surface area contributed by atoms with Gasteiger partial charge in [-0.1, -0.05) is 6.92 Å². The quantitative estimate of drug-likeness (QED) is 0.677. The molecule has 0 atom stereocenters. The minimum Gasteiger partial charge on any atom is -0.491 e. The summed E-state index contributed by atoms with van der Waals surface area (Å²) >= 11 is 0. The van der Waals surface area contributed by atoms with Crippen LogP contribution in [0.3, 0.4) is 0 Å². The van der Waals surface area contributed by atoms with Crippen molar-refractivity contribution in [1.82, 2.24) is 0 Å². The third kappa shape index (κ3) is 3.29. The number of rotatable bonds is 6. The normalized spacial score (nSPS) is 22.3. The van der Waals surface area contributed by atoms with Crippen LogP contribution in [0.5, 0.6) is 5.75 Å². The van der Waals surface area contributed by atoms with Crippen LogP contribution in [0.4, 0.5) is 11.4 Å². The molecule has 4 nitrogen and oxygen atoms in total. The molecule has 1 saturated carbocycles. The smallest absolute Gasteiger partial charge is 0.144 e. The molecule has 1 aliphatic rings. The molecule has 0 radical (unpaired) electrons. The summed E-state index contributed by atoms with van der Waals surface area (Å²) in [6.07, 6.45) is 2.69. The molecule has 0 spiro atoms. The summed E-state index contributed by atoms with van der Waals surface area (Å²) in [4.78, 5) is 0. The Hall–Kier alpha value is -1.42. The van der Waals surface area contributed by atoms with Crippen molar-refractivity contribution in [1.29, 1.82) is 0 Å². The van der Waals surface area contributed by atoms with Crippen LogP contribution in [0, 0.1) is 5.92 Å². The molecule has 18 heavy (non-hydrogen) atoms. The van der Waals surface area contributed by atoms with Crippen LogP contribution in [0.25, 0.3) is 0 Å². The number of aliphatic hydroxyl groups is 1. The van der Waals surface area contributed by atoms with Crippen molar-refractivity contribution >= 4 is 11.4 Å². The standard InChI is InChI=1S/C14H22N2O2/c1-2-5-18-14-8-11(3-4-13(14)15)16-9-10-6-12(17)7-10/h3-4,8,10,12,16-17H,2,5-7,9,15H2,1H3. The van der Waals surface area contributed by atoms with E-state index in [1.807, 2.05) is 18.2 Å². The lowest BCUT2D eigenvalue weighted by atomic mass is 9.82. The number of nitrogens with one attached hydrogen (secondary N) is 1. The van der Waals surface area contributed by atoms with Crippen molar-refractivity contribution in [3.63, 3.8) is 0 Å². The second-order valence-corrected chi connectivity index (χ2v) is 4.97. The lowest BCUT2D eigenvalue weighted by Crippen LogP contribution is -2.33. The number of hydrogen-bond acceptors (Lipinski definition) is 4. The van der Waals surface area contributed by atoms with Crippen molar-refractivity contribution in [3.05, 3.63) is 18.2 Å². The average molecular weight is 250 g/mol. The van der Waals surface area contributed by atoms with Gasteiger partial charge in [-0.25, -0.2) is 0 Å². The molecule has 1 fully saturated rings. The zero-order valence-corrected chi connectivity index (χ0v) is 10.9. The minimum atomic E-state index is -0.0910. The molecule has 0 aliphatic heterocycles. The highest BCUT2D eigenvalue weighted by molar-refractivity contribution is 5.61. The molecule has 1 aromatic carbocycles. The lowest BCUT2D eigenvalue weighted by molar-refractivity contribution is 0.0487. The number of nitrogens with two attached hydrogens (primary N) is 1. The zero-order valence-electron chi connectivity index (χ0n) is 10.9. The zero-order chi connectivity index (χ0) is 13.0. The number of benzene rings is 1. The monoisotopic (exact) mass is 250 g/mol. The molecule has 0 amide bonds. The maximum absolute atomic E-state index is 9.23. The van der Waals surface area contributed by atoms with E-state index >= 15 is 0 Å². The Bertz CT molecular complexity index is 389. The van der Waals surface area contributed by atoms with E-state index < -0.39 is 0 Å². The van der Waals surface area contributed by atoms with Crippen molar-refractivity contribution in [2.75, 3.05) is 24.2 Å². The second-order valence-electron chi connectivity index (χ2n) is 4.97. The summed E-state index contributed by atoms with van der Waals surface area (Å²) in [5, 5.41) is 12.6. The Morgan fingerprint density at radius 2 is 2.22 bits per heavy atom. The molecule has 1 aliphatic carbocycles. The fourth-order valence-electron chi connectivity index (χ4n) is 2.11. The topological polar surface area (TPSA) is 67.5 Å². The van der Waals surface area contributed by atoms with E-state index in [1.54, 1.807) is 0 Å². The van der Waals surface area contributed by atoms with Crippen LogP contribution < -0.4 is 15.8 Å². The first-order chi connectivity index (χ1) is 8.69. The van der Waals surface area contributed by atoms with Crippen LogP contribution in [0.1, 0.15) is 26.2 Å². The average Bonchev–Trinajstić information content (AvgIpc) is 2.33. The Kier molecular flexibility index (Phi) is 4.31. The van der Waals surface area contributed by atoms with Gasteiger partial charge in [0.25, 0.3) is 0 Å². The van der Waals surface area contributed by atoms with Gasteiger partial charge in [0, 0.05) is 18.3 Å². The fraction of sp³-hybridized carbons (Fsp3) is 0.571. The Labute approximate surface area is 108 Å². The van der Waals surface area contributed by atoms with Crippen LogP contribution in [0.2, 0.25) is 0 Å². The summed E-state index contributed by atoms with van der Waals surface area (Å²) in [7, 11) is 0. The molecule has 100 valence electrons. The van der Waals surface area contributed by atoms with Gasteiger partial charge in [0.2, 0.25) is 0 Å². The van der Waals surface area contributed by atoms with Gasteiger partial charge in [-0.2, -0.15) is 0 Å². The predicted octanol–water partition coefficient (Wildman–Crippen LogP) is 2.24. The van der Waals surface area contributed by atoms with Gasteiger partial charge in [0.05, 0.1) is 18.4 Å². The van der Waals surface area contributed by atoms with Gasteiger partial charge in [-0.05, 0) is 37.3 Å². The van der Waals surface area contributed by atoms with E-state index in [1.165, 1.54) is 0 Å². The molecule has 4 heteroatoms. The first kappa shape index (κ1) is 13.0. The van der Waals surface area contributed by atoms with Crippen molar-refractivity contribution in [2.24, 2.45) is 5.92 Å². The summed E-state index contributed by atoms with van der Waals surface area (Å²) in [6, 6.07) is 5.77. The molecule has 0 heterocycles. The number of anilines is 2. The predicted molar refractivity (Wildman–Crippen MR) is 73.9 cm³/mol. The molecule has 0 bridgehead atoms. The molecule has 0 aromatic heterocycles. The van der Waals surface area contributed by atoms with Gasteiger partial charge in [0.15, 0.2) is 0 Å². The van der Waals surface area contributed by atoms with E-state index in [0.29, 0.717) is 18.2 Å². The number of aliphatic hydroxyl groups excluding tert-OH is 1. The lowest BCUT2D eigenvalue weighted by Gasteiger charge is -2.31. The second kappa shape index (κ2) is 5.96. The summed E-state index contributed by atoms with van der Waals surface area (Å²) in [5.41, 5.74) is 7.55. The van der Waals surface area contributed by atoms with Gasteiger partial charge in [0.1, 0.15) is 5.75 Å². The molecule has 0 unspecified atom stereocenters. The third-order valence-electron chi connectivity index (χ3n) is 3.28. The van der Waals surface area contributed by atoms with E-state index in [9.17, 15) is 5.11 Å². The molecular formula is C14H22N2O2. The summed E-state index contributed by atoms with van der Waals surface area (Å²) in [6.45, 7) is 3.65. The van der Waals surface area contributed by atoms with E-state index in [0.717, 1.165) is 37.2 Å². The van der Waals surface area contributed by atoms with Crippen LogP contribution in [-0.4, -0.2) is 24.4 Å². The largest absolute Gasteiger partial charge is 0.491 e. The first-order valence-electron chi connectivity index (χ1n) is 6.63. The Morgan fingerprint density at radius 3 is 2.89 bits per heavy atom. The van der Waals surface area contributed by atoms with Crippen LogP contribution >= 0.6 is 0 Å². The maximum atomic E-state index is 9.23. The number of ether oxygens (including phenoxy) is 1. The molecule has 4 N–H and O–H groups in total. The highest BCUT2D eigenvalue weighted by atomic mass is 16.5. The van der Waals surface area contributed by atoms with Crippen LogP contribution in [-0.2, 0) is 0 Å². The van der Waals surface area contributed by atoms with Gasteiger partial charge in [-0.15, -0.1) is 0 Å². The minimum absolute atomic E-state index is 0.0910. The highest BCUT2D eigenvalue weighted by Crippen LogP contribution is 2.29. The summed E-state index contributed by atoms with van der Waals surface area (Å²) < 4.78 is 5.59. The SMILES string of the molecule is CCCOc1cc(NCC2CC(O)C2)ccc1N. The molecule has 2 rings (SSSR count). The Balaban J connectivity index is 1.87. The third-order valence-corrected chi connectivity index (χ3v) is 3.28. The Morgan fingerprint density at radius 1 is 1.44 bits per heavy atom. The number of nitrogen functional groups attached to an aromatic ring is 1. The van der Waals surface area contributed by atoms with Crippen LogP contribution in [0.15, 0.2) is 18.2 Å². The number of hydrogen-bond donors (Lipinski definition) is 3. The molecule has 0 saturated heterocycles. The molecular weight excluding hydrogens is 228 g/mol. The first-order valence-corrected chi connectivity index (χ1v) is 6.63. The van der Waals surface area contributed by atoms with Gasteiger partial charge < -0.3 is 20.9 Å². The molecule has 1 aromatic rings. The van der Waals surface area contributed by atoms with Gasteiger partial charge >= 0.3 is 0 Å². The van der Waals surface area contributed by atoms with E-state index in [-0.39, 0.29) is 6.10 Å². The van der Waals surface area contributed by atoms with E-state index in [4.69, 9.17) is 10.5 Å². The van der Waals surface area contributed by atoms with Crippen molar-refractivity contribution < 1.29 is 9.84 Å².